The predicted octanol–water partition coefficient (Wildman–Crippen LogP) is 3.58. The second kappa shape index (κ2) is 6.36. The highest BCUT2D eigenvalue weighted by atomic mass is 32.1. The topological polar surface area (TPSA) is 24.9 Å². The van der Waals surface area contributed by atoms with Gasteiger partial charge in [-0.05, 0) is 19.3 Å². The van der Waals surface area contributed by atoms with Crippen LogP contribution in [0, 0.1) is 12.8 Å². The lowest BCUT2D eigenvalue weighted by molar-refractivity contribution is 0.381. The Bertz CT molecular complexity index is 307. The third-order valence-corrected chi connectivity index (χ3v) is 4.18. The minimum Gasteiger partial charge on any atom is -0.313 e. The summed E-state index contributed by atoms with van der Waals surface area (Å²) >= 11 is 1.77. The minimum atomic E-state index is 0.520. The van der Waals surface area contributed by atoms with E-state index in [-0.39, 0.29) is 0 Å². The SMILES string of the molecule is CCC(NCC(C)c1nc(C)cs1)C(C)C. The van der Waals surface area contributed by atoms with E-state index in [9.17, 15) is 0 Å². The minimum absolute atomic E-state index is 0.520. The van der Waals surface area contributed by atoms with E-state index in [2.05, 4.69) is 50.3 Å². The number of thiazole rings is 1. The quantitative estimate of drug-likeness (QED) is 0.822. The van der Waals surface area contributed by atoms with Crippen molar-refractivity contribution in [3.8, 4) is 0 Å². The smallest absolute Gasteiger partial charge is 0.0969 e. The van der Waals surface area contributed by atoms with Gasteiger partial charge in [-0.1, -0.05) is 27.7 Å². The first-order valence-corrected chi connectivity index (χ1v) is 7.08. The van der Waals surface area contributed by atoms with Crippen LogP contribution in [0.2, 0.25) is 0 Å². The van der Waals surface area contributed by atoms with Crippen molar-refractivity contribution in [2.75, 3.05) is 6.54 Å². The number of hydrogen-bond donors (Lipinski definition) is 1. The van der Waals surface area contributed by atoms with Crippen LogP contribution in [0.1, 0.15) is 50.7 Å². The van der Waals surface area contributed by atoms with E-state index in [1.807, 2.05) is 0 Å². The Morgan fingerprint density at radius 3 is 2.50 bits per heavy atom. The van der Waals surface area contributed by atoms with Crippen molar-refractivity contribution in [3.05, 3.63) is 16.1 Å². The monoisotopic (exact) mass is 240 g/mol. The summed E-state index contributed by atoms with van der Waals surface area (Å²) in [6.07, 6.45) is 1.20. The van der Waals surface area contributed by atoms with Crippen LogP contribution in [0.15, 0.2) is 5.38 Å². The zero-order chi connectivity index (χ0) is 12.1. The molecule has 0 amide bonds. The highest BCUT2D eigenvalue weighted by molar-refractivity contribution is 7.09. The lowest BCUT2D eigenvalue weighted by Gasteiger charge is -2.22. The number of nitrogens with zero attached hydrogens (tertiary/aromatic N) is 1. The fourth-order valence-electron chi connectivity index (χ4n) is 1.87. The average Bonchev–Trinajstić information content (AvgIpc) is 2.65. The fraction of sp³-hybridized carbons (Fsp3) is 0.769. The fourth-order valence-corrected chi connectivity index (χ4v) is 2.72. The van der Waals surface area contributed by atoms with Gasteiger partial charge < -0.3 is 5.32 Å². The van der Waals surface area contributed by atoms with Crippen LogP contribution in [0.25, 0.3) is 0 Å². The molecular formula is C13H24N2S. The highest BCUT2D eigenvalue weighted by Crippen LogP contribution is 2.19. The van der Waals surface area contributed by atoms with Crippen LogP contribution in [0.4, 0.5) is 0 Å². The second-order valence-electron chi connectivity index (χ2n) is 4.90. The van der Waals surface area contributed by atoms with Gasteiger partial charge in [0.2, 0.25) is 0 Å². The van der Waals surface area contributed by atoms with Crippen LogP contribution < -0.4 is 5.32 Å². The van der Waals surface area contributed by atoms with Crippen LogP contribution in [0.3, 0.4) is 0 Å². The molecule has 0 saturated carbocycles. The van der Waals surface area contributed by atoms with E-state index >= 15 is 0 Å². The summed E-state index contributed by atoms with van der Waals surface area (Å²) in [5, 5.41) is 7.03. The van der Waals surface area contributed by atoms with E-state index in [4.69, 9.17) is 0 Å². The third kappa shape index (κ3) is 3.87. The maximum Gasteiger partial charge on any atom is 0.0969 e. The van der Waals surface area contributed by atoms with Crippen molar-refractivity contribution in [2.24, 2.45) is 5.92 Å². The maximum absolute atomic E-state index is 4.54. The molecule has 3 heteroatoms. The molecule has 2 unspecified atom stereocenters. The van der Waals surface area contributed by atoms with E-state index in [1.165, 1.54) is 11.4 Å². The molecule has 1 rings (SSSR count). The Morgan fingerprint density at radius 2 is 2.06 bits per heavy atom. The molecule has 0 radical (unpaired) electrons. The van der Waals surface area contributed by atoms with E-state index in [0.29, 0.717) is 17.9 Å². The van der Waals surface area contributed by atoms with Gasteiger partial charge >= 0.3 is 0 Å². The number of aromatic nitrogens is 1. The molecule has 0 aromatic carbocycles. The molecule has 1 aromatic rings. The molecule has 1 aromatic heterocycles. The zero-order valence-corrected chi connectivity index (χ0v) is 11.9. The molecule has 2 nitrogen and oxygen atoms in total. The molecule has 92 valence electrons. The Kier molecular flexibility index (Phi) is 5.42. The maximum atomic E-state index is 4.54. The highest BCUT2D eigenvalue weighted by Gasteiger charge is 2.14. The van der Waals surface area contributed by atoms with Gasteiger partial charge in [0.25, 0.3) is 0 Å². The Labute approximate surface area is 103 Å². The number of aryl methyl sites for hydroxylation is 1. The summed E-state index contributed by atoms with van der Waals surface area (Å²) in [6.45, 7) is 12.1. The molecule has 1 N–H and O–H groups in total. The van der Waals surface area contributed by atoms with Gasteiger partial charge in [-0.3, -0.25) is 0 Å². The molecule has 1 heterocycles. The standard InChI is InChI=1S/C13H24N2S/c1-6-12(9(2)3)14-7-10(4)13-15-11(5)8-16-13/h8-10,12,14H,6-7H2,1-5H3. The molecule has 2 atom stereocenters. The van der Waals surface area contributed by atoms with Crippen LogP contribution in [0.5, 0.6) is 0 Å². The van der Waals surface area contributed by atoms with Crippen molar-refractivity contribution < 1.29 is 0 Å². The van der Waals surface area contributed by atoms with Gasteiger partial charge in [-0.15, -0.1) is 11.3 Å². The lowest BCUT2D eigenvalue weighted by Crippen LogP contribution is -2.35. The van der Waals surface area contributed by atoms with E-state index in [0.717, 1.165) is 12.2 Å². The first-order chi connectivity index (χ1) is 7.54. The lowest BCUT2D eigenvalue weighted by atomic mass is 10.0. The largest absolute Gasteiger partial charge is 0.313 e. The van der Waals surface area contributed by atoms with Gasteiger partial charge in [-0.2, -0.15) is 0 Å². The molecule has 0 bridgehead atoms. The summed E-state index contributed by atoms with van der Waals surface area (Å²) in [7, 11) is 0. The van der Waals surface area contributed by atoms with Gasteiger partial charge in [0, 0.05) is 29.6 Å². The molecule has 16 heavy (non-hydrogen) atoms. The van der Waals surface area contributed by atoms with Crippen LogP contribution in [-0.4, -0.2) is 17.6 Å². The normalized spacial score (nSPS) is 15.4. The van der Waals surface area contributed by atoms with Crippen molar-refractivity contribution >= 4 is 11.3 Å². The molecule has 0 aliphatic carbocycles. The van der Waals surface area contributed by atoms with E-state index < -0.39 is 0 Å². The van der Waals surface area contributed by atoms with Crippen molar-refractivity contribution in [1.82, 2.24) is 10.3 Å². The second-order valence-corrected chi connectivity index (χ2v) is 5.78. The van der Waals surface area contributed by atoms with Gasteiger partial charge in [0.15, 0.2) is 0 Å². The van der Waals surface area contributed by atoms with Crippen molar-refractivity contribution in [1.29, 1.82) is 0 Å². The molecule has 0 fully saturated rings. The first-order valence-electron chi connectivity index (χ1n) is 6.20. The Morgan fingerprint density at radius 1 is 1.38 bits per heavy atom. The van der Waals surface area contributed by atoms with Gasteiger partial charge in [-0.25, -0.2) is 4.98 Å². The Hall–Kier alpha value is -0.410. The first kappa shape index (κ1) is 13.7. The summed E-state index contributed by atoms with van der Waals surface area (Å²) in [5.74, 6) is 1.22. The van der Waals surface area contributed by atoms with Crippen molar-refractivity contribution in [2.45, 2.75) is 53.0 Å². The molecule has 0 spiro atoms. The molecular weight excluding hydrogens is 216 g/mol. The average molecular weight is 240 g/mol. The third-order valence-electron chi connectivity index (χ3n) is 2.99. The predicted molar refractivity (Wildman–Crippen MR) is 72.2 cm³/mol. The number of hydrogen-bond acceptors (Lipinski definition) is 3. The van der Waals surface area contributed by atoms with Crippen LogP contribution >= 0.6 is 11.3 Å². The zero-order valence-electron chi connectivity index (χ0n) is 11.1. The van der Waals surface area contributed by atoms with Crippen LogP contribution in [-0.2, 0) is 0 Å². The van der Waals surface area contributed by atoms with Gasteiger partial charge in [0.1, 0.15) is 0 Å². The van der Waals surface area contributed by atoms with E-state index in [1.54, 1.807) is 11.3 Å². The van der Waals surface area contributed by atoms with Gasteiger partial charge in [0.05, 0.1) is 5.01 Å². The summed E-state index contributed by atoms with van der Waals surface area (Å²) < 4.78 is 0. The molecule has 0 saturated heterocycles. The number of nitrogens with one attached hydrogen (secondary N) is 1. The summed E-state index contributed by atoms with van der Waals surface area (Å²) in [4.78, 5) is 4.54. The molecule has 0 aliphatic rings. The summed E-state index contributed by atoms with van der Waals surface area (Å²) in [6, 6.07) is 0.628. The molecule has 0 aliphatic heterocycles. The Balaban J connectivity index is 2.43. The van der Waals surface area contributed by atoms with Crippen molar-refractivity contribution in [3.63, 3.8) is 0 Å². The number of rotatable bonds is 6. The summed E-state index contributed by atoms with van der Waals surface area (Å²) in [5.41, 5.74) is 1.14.